The molecule has 116 valence electrons. The van der Waals surface area contributed by atoms with Crippen LogP contribution >= 0.6 is 11.3 Å². The molecule has 22 heavy (non-hydrogen) atoms. The van der Waals surface area contributed by atoms with Gasteiger partial charge in [0.1, 0.15) is 6.54 Å². The lowest BCUT2D eigenvalue weighted by atomic mass is 9.85. The van der Waals surface area contributed by atoms with Crippen LogP contribution in [-0.4, -0.2) is 35.7 Å². The summed E-state index contributed by atoms with van der Waals surface area (Å²) in [5.74, 6) is -1.21. The van der Waals surface area contributed by atoms with E-state index in [2.05, 4.69) is 5.32 Å². The van der Waals surface area contributed by atoms with E-state index >= 15 is 0 Å². The maximum atomic E-state index is 12.2. The van der Waals surface area contributed by atoms with Gasteiger partial charge in [-0.2, -0.15) is 0 Å². The molecule has 1 saturated heterocycles. The smallest absolute Gasteiger partial charge is 0.240 e. The van der Waals surface area contributed by atoms with Crippen molar-refractivity contribution in [1.29, 1.82) is 0 Å². The zero-order valence-corrected chi connectivity index (χ0v) is 13.0. The summed E-state index contributed by atoms with van der Waals surface area (Å²) in [6.45, 7) is 0.360. The number of nitrogens with one attached hydrogen (secondary N) is 1. The Morgan fingerprint density at radius 3 is 2.50 bits per heavy atom. The highest BCUT2D eigenvalue weighted by Crippen LogP contribution is 2.34. The summed E-state index contributed by atoms with van der Waals surface area (Å²) in [6.07, 6.45) is 5.85. The first-order valence-electron chi connectivity index (χ1n) is 7.46. The predicted molar refractivity (Wildman–Crippen MR) is 83.1 cm³/mol. The minimum atomic E-state index is -0.273. The zero-order chi connectivity index (χ0) is 15.5. The van der Waals surface area contributed by atoms with Gasteiger partial charge in [0.05, 0.1) is 11.8 Å². The van der Waals surface area contributed by atoms with Crippen LogP contribution in [0.25, 0.3) is 0 Å². The van der Waals surface area contributed by atoms with E-state index in [9.17, 15) is 14.4 Å². The third-order valence-corrected chi connectivity index (χ3v) is 5.11. The van der Waals surface area contributed by atoms with Gasteiger partial charge in [-0.25, -0.2) is 0 Å². The van der Waals surface area contributed by atoms with Crippen molar-refractivity contribution in [1.82, 2.24) is 10.2 Å². The number of fused-ring (bicyclic) bond motifs is 1. The second-order valence-corrected chi connectivity index (χ2v) is 6.63. The Kier molecular flexibility index (Phi) is 4.38. The lowest BCUT2D eigenvalue weighted by molar-refractivity contribution is -0.143. The van der Waals surface area contributed by atoms with Crippen LogP contribution < -0.4 is 5.32 Å². The molecule has 1 N–H and O–H groups in total. The maximum Gasteiger partial charge on any atom is 0.240 e. The summed E-state index contributed by atoms with van der Waals surface area (Å²) in [7, 11) is 0. The van der Waals surface area contributed by atoms with Gasteiger partial charge in [0.2, 0.25) is 17.7 Å². The van der Waals surface area contributed by atoms with E-state index in [0.717, 1.165) is 11.3 Å². The number of carbonyl (C=O) groups is 3. The van der Waals surface area contributed by atoms with Crippen LogP contribution in [0.3, 0.4) is 0 Å². The van der Waals surface area contributed by atoms with E-state index in [-0.39, 0.29) is 36.1 Å². The van der Waals surface area contributed by atoms with E-state index in [1.165, 1.54) is 4.88 Å². The van der Waals surface area contributed by atoms with Crippen LogP contribution in [0.4, 0.5) is 0 Å². The quantitative estimate of drug-likeness (QED) is 0.658. The molecule has 2 heterocycles. The van der Waals surface area contributed by atoms with Crippen LogP contribution in [0.5, 0.6) is 0 Å². The third kappa shape index (κ3) is 2.97. The van der Waals surface area contributed by atoms with Crippen molar-refractivity contribution in [2.24, 2.45) is 11.8 Å². The summed E-state index contributed by atoms with van der Waals surface area (Å²) in [5, 5.41) is 4.77. The van der Waals surface area contributed by atoms with Crippen LogP contribution in [0.2, 0.25) is 0 Å². The zero-order valence-electron chi connectivity index (χ0n) is 12.2. The van der Waals surface area contributed by atoms with E-state index in [1.807, 2.05) is 29.7 Å². The Morgan fingerprint density at radius 1 is 1.23 bits per heavy atom. The molecule has 1 aromatic rings. The molecule has 3 rings (SSSR count). The molecular weight excluding hydrogens is 300 g/mol. The molecule has 2 unspecified atom stereocenters. The van der Waals surface area contributed by atoms with Gasteiger partial charge in [-0.15, -0.1) is 11.3 Å². The largest absolute Gasteiger partial charge is 0.354 e. The van der Waals surface area contributed by atoms with Crippen molar-refractivity contribution >= 4 is 29.1 Å². The molecule has 0 bridgehead atoms. The number of hydrogen-bond acceptors (Lipinski definition) is 4. The van der Waals surface area contributed by atoms with E-state index in [1.54, 1.807) is 11.3 Å². The maximum absolute atomic E-state index is 12.2. The van der Waals surface area contributed by atoms with Crippen LogP contribution in [-0.2, 0) is 20.8 Å². The van der Waals surface area contributed by atoms with Crippen LogP contribution in [0.15, 0.2) is 29.7 Å². The van der Waals surface area contributed by atoms with Gasteiger partial charge < -0.3 is 5.32 Å². The first-order valence-corrected chi connectivity index (χ1v) is 8.34. The number of amides is 3. The fourth-order valence-corrected chi connectivity index (χ4v) is 3.71. The second kappa shape index (κ2) is 6.44. The van der Waals surface area contributed by atoms with Gasteiger partial charge in [-0.1, -0.05) is 18.2 Å². The van der Waals surface area contributed by atoms with Crippen molar-refractivity contribution in [3.05, 3.63) is 34.5 Å². The molecule has 2 aliphatic rings. The van der Waals surface area contributed by atoms with Gasteiger partial charge in [0.15, 0.2) is 0 Å². The Hall–Kier alpha value is -1.95. The average Bonchev–Trinajstić information content (AvgIpc) is 3.11. The molecule has 3 amide bonds. The molecule has 1 fully saturated rings. The molecule has 6 heteroatoms. The van der Waals surface area contributed by atoms with Gasteiger partial charge in [0, 0.05) is 11.4 Å². The number of rotatable bonds is 5. The van der Waals surface area contributed by atoms with Gasteiger partial charge in [-0.3, -0.25) is 19.3 Å². The van der Waals surface area contributed by atoms with E-state index in [0.29, 0.717) is 19.4 Å². The molecule has 5 nitrogen and oxygen atoms in total. The molecule has 0 aromatic carbocycles. The molecule has 0 saturated carbocycles. The van der Waals surface area contributed by atoms with Crippen molar-refractivity contribution in [2.45, 2.75) is 19.3 Å². The van der Waals surface area contributed by atoms with Gasteiger partial charge in [0.25, 0.3) is 0 Å². The number of imide groups is 1. The molecule has 1 aromatic heterocycles. The number of thiophene rings is 1. The van der Waals surface area contributed by atoms with Crippen molar-refractivity contribution in [3.63, 3.8) is 0 Å². The molecule has 0 radical (unpaired) electrons. The summed E-state index contributed by atoms with van der Waals surface area (Å²) in [6, 6.07) is 3.99. The third-order valence-electron chi connectivity index (χ3n) is 4.17. The van der Waals surface area contributed by atoms with E-state index < -0.39 is 0 Å². The second-order valence-electron chi connectivity index (χ2n) is 5.60. The standard InChI is InChI=1S/C16H18N2O3S/c19-14(17-8-7-11-4-3-9-22-11)10-18-15(20)12-5-1-2-6-13(12)16(18)21/h1-4,9,12-13H,5-8,10H2,(H,17,19). The molecule has 2 atom stereocenters. The highest BCUT2D eigenvalue weighted by Gasteiger charge is 2.47. The molecular formula is C16H18N2O3S. The van der Waals surface area contributed by atoms with Crippen LogP contribution in [0, 0.1) is 11.8 Å². The summed E-state index contributed by atoms with van der Waals surface area (Å²) in [5.41, 5.74) is 0. The highest BCUT2D eigenvalue weighted by atomic mass is 32.1. The Balaban J connectivity index is 1.51. The molecule has 1 aliphatic heterocycles. The fourth-order valence-electron chi connectivity index (χ4n) is 3.00. The summed E-state index contributed by atoms with van der Waals surface area (Å²) in [4.78, 5) is 38.8. The number of carbonyl (C=O) groups excluding carboxylic acids is 3. The number of likely N-dealkylation sites (tertiary alicyclic amines) is 1. The minimum Gasteiger partial charge on any atom is -0.354 e. The van der Waals surface area contributed by atoms with Crippen molar-refractivity contribution in [2.75, 3.05) is 13.1 Å². The average molecular weight is 318 g/mol. The highest BCUT2D eigenvalue weighted by molar-refractivity contribution is 7.09. The Morgan fingerprint density at radius 2 is 1.91 bits per heavy atom. The molecule has 0 spiro atoms. The first-order chi connectivity index (χ1) is 10.7. The summed E-state index contributed by atoms with van der Waals surface area (Å²) >= 11 is 1.64. The lowest BCUT2D eigenvalue weighted by Gasteiger charge is -2.14. The normalized spacial score (nSPS) is 23.7. The summed E-state index contributed by atoms with van der Waals surface area (Å²) < 4.78 is 0. The van der Waals surface area contributed by atoms with E-state index in [4.69, 9.17) is 0 Å². The van der Waals surface area contributed by atoms with Crippen LogP contribution in [0.1, 0.15) is 17.7 Å². The number of nitrogens with zero attached hydrogens (tertiary/aromatic N) is 1. The monoisotopic (exact) mass is 318 g/mol. The van der Waals surface area contributed by atoms with Gasteiger partial charge >= 0.3 is 0 Å². The fraction of sp³-hybridized carbons (Fsp3) is 0.438. The Bertz CT molecular complexity index is 583. The lowest BCUT2D eigenvalue weighted by Crippen LogP contribution is -2.41. The Labute approximate surface area is 133 Å². The topological polar surface area (TPSA) is 66.5 Å². The van der Waals surface area contributed by atoms with Crippen molar-refractivity contribution < 1.29 is 14.4 Å². The van der Waals surface area contributed by atoms with Crippen molar-refractivity contribution in [3.8, 4) is 0 Å². The van der Waals surface area contributed by atoms with Gasteiger partial charge in [-0.05, 0) is 30.7 Å². The number of allylic oxidation sites excluding steroid dienone is 2. The first kappa shape index (κ1) is 15.0. The number of hydrogen-bond donors (Lipinski definition) is 1. The SMILES string of the molecule is O=C(CN1C(=O)C2CC=CCC2C1=O)NCCc1cccs1. The predicted octanol–water partition coefficient (Wildman–Crippen LogP) is 1.36. The minimum absolute atomic E-state index is 0.158. The molecule has 1 aliphatic carbocycles.